The minimum atomic E-state index is 0.249. The van der Waals surface area contributed by atoms with E-state index in [0.29, 0.717) is 0 Å². The van der Waals surface area contributed by atoms with Crippen molar-refractivity contribution < 1.29 is 0 Å². The molecule has 1 unspecified atom stereocenters. The molecular formula is C12H20N2S2. The van der Waals surface area contributed by atoms with Crippen LogP contribution in [-0.2, 0) is 12.8 Å². The predicted molar refractivity (Wildman–Crippen MR) is 73.2 cm³/mol. The van der Waals surface area contributed by atoms with Gasteiger partial charge in [0.1, 0.15) is 0 Å². The smallest absolute Gasteiger partial charge is 0.0930 e. The number of nitrogens with zero attached hydrogens (tertiary/aromatic N) is 1. The van der Waals surface area contributed by atoms with Crippen molar-refractivity contribution in [2.24, 2.45) is 11.7 Å². The molecule has 2 nitrogen and oxygen atoms in total. The second-order valence-electron chi connectivity index (χ2n) is 4.66. The van der Waals surface area contributed by atoms with Gasteiger partial charge in [0.05, 0.1) is 5.01 Å². The third-order valence-electron chi connectivity index (χ3n) is 2.93. The number of thioether (sulfide) groups is 1. The zero-order valence-electron chi connectivity index (χ0n) is 9.82. The number of aromatic nitrogens is 1. The van der Waals surface area contributed by atoms with Gasteiger partial charge in [-0.05, 0) is 43.6 Å². The van der Waals surface area contributed by atoms with E-state index in [1.807, 2.05) is 17.5 Å². The monoisotopic (exact) mass is 256 g/mol. The molecule has 2 rings (SSSR count). The Balaban J connectivity index is 1.86. The molecule has 1 atom stereocenters. The molecule has 1 aromatic rings. The summed E-state index contributed by atoms with van der Waals surface area (Å²) in [5.74, 6) is 3.54. The highest BCUT2D eigenvalue weighted by Gasteiger charge is 2.16. The Hall–Kier alpha value is -0.0600. The lowest BCUT2D eigenvalue weighted by Crippen LogP contribution is -2.16. The van der Waals surface area contributed by atoms with Crippen LogP contribution in [0.25, 0.3) is 0 Å². The molecule has 1 aliphatic rings. The third-order valence-corrected chi connectivity index (χ3v) is 5.02. The van der Waals surface area contributed by atoms with Gasteiger partial charge in [0.25, 0.3) is 0 Å². The largest absolute Gasteiger partial charge is 0.328 e. The van der Waals surface area contributed by atoms with Gasteiger partial charge in [0.2, 0.25) is 0 Å². The summed E-state index contributed by atoms with van der Waals surface area (Å²) in [5.41, 5.74) is 5.79. The summed E-state index contributed by atoms with van der Waals surface area (Å²) >= 11 is 3.95. The first-order valence-corrected chi connectivity index (χ1v) is 7.98. The standard InChI is InChI=1S/C12H20N2S2/c1-9(13)6-11-8-14-12(16-11)7-10-2-4-15-5-3-10/h8-10H,2-7,13H2,1H3. The highest BCUT2D eigenvalue weighted by molar-refractivity contribution is 7.99. The van der Waals surface area contributed by atoms with E-state index < -0.39 is 0 Å². The van der Waals surface area contributed by atoms with E-state index in [4.69, 9.17) is 5.73 Å². The topological polar surface area (TPSA) is 38.9 Å². The highest BCUT2D eigenvalue weighted by Crippen LogP contribution is 2.27. The van der Waals surface area contributed by atoms with Crippen molar-refractivity contribution in [3.8, 4) is 0 Å². The Morgan fingerprint density at radius 2 is 2.25 bits per heavy atom. The molecule has 0 amide bonds. The lowest BCUT2D eigenvalue weighted by molar-refractivity contribution is 0.487. The molecular weight excluding hydrogens is 236 g/mol. The van der Waals surface area contributed by atoms with Crippen LogP contribution < -0.4 is 5.73 Å². The Kier molecular flexibility index (Phi) is 4.67. The molecule has 90 valence electrons. The summed E-state index contributed by atoms with van der Waals surface area (Å²) in [4.78, 5) is 5.86. The molecule has 1 aliphatic heterocycles. The molecule has 0 saturated carbocycles. The molecule has 0 spiro atoms. The molecule has 0 radical (unpaired) electrons. The van der Waals surface area contributed by atoms with Gasteiger partial charge >= 0.3 is 0 Å². The number of thiazole rings is 1. The van der Waals surface area contributed by atoms with Crippen molar-refractivity contribution in [2.75, 3.05) is 11.5 Å². The molecule has 4 heteroatoms. The van der Waals surface area contributed by atoms with Gasteiger partial charge in [-0.15, -0.1) is 11.3 Å². The van der Waals surface area contributed by atoms with Crippen LogP contribution in [-0.4, -0.2) is 22.5 Å². The molecule has 0 aliphatic carbocycles. The minimum Gasteiger partial charge on any atom is -0.328 e. The molecule has 2 N–H and O–H groups in total. The van der Waals surface area contributed by atoms with Crippen LogP contribution in [0.5, 0.6) is 0 Å². The van der Waals surface area contributed by atoms with Gasteiger partial charge in [0, 0.05) is 23.5 Å². The molecule has 1 fully saturated rings. The van der Waals surface area contributed by atoms with Crippen molar-refractivity contribution in [3.63, 3.8) is 0 Å². The van der Waals surface area contributed by atoms with E-state index in [0.717, 1.165) is 12.3 Å². The summed E-state index contributed by atoms with van der Waals surface area (Å²) < 4.78 is 0. The normalized spacial score (nSPS) is 19.9. The Morgan fingerprint density at radius 3 is 2.94 bits per heavy atom. The SMILES string of the molecule is CC(N)Cc1cnc(CC2CCSCC2)s1. The minimum absolute atomic E-state index is 0.249. The van der Waals surface area contributed by atoms with E-state index in [2.05, 4.69) is 23.7 Å². The van der Waals surface area contributed by atoms with Crippen LogP contribution in [0.2, 0.25) is 0 Å². The molecule has 0 aromatic carbocycles. The molecule has 16 heavy (non-hydrogen) atoms. The first-order chi connectivity index (χ1) is 7.74. The van der Waals surface area contributed by atoms with Crippen LogP contribution in [0.3, 0.4) is 0 Å². The van der Waals surface area contributed by atoms with Crippen molar-refractivity contribution >= 4 is 23.1 Å². The van der Waals surface area contributed by atoms with E-state index >= 15 is 0 Å². The second-order valence-corrected chi connectivity index (χ2v) is 7.09. The Bertz CT molecular complexity index is 317. The van der Waals surface area contributed by atoms with E-state index in [1.54, 1.807) is 0 Å². The maximum atomic E-state index is 5.79. The first kappa shape index (κ1) is 12.4. The number of hydrogen-bond donors (Lipinski definition) is 1. The third kappa shape index (κ3) is 3.75. The van der Waals surface area contributed by atoms with Crippen molar-refractivity contribution in [1.29, 1.82) is 0 Å². The fraction of sp³-hybridized carbons (Fsp3) is 0.750. The second kappa shape index (κ2) is 6.03. The molecule has 2 heterocycles. The zero-order chi connectivity index (χ0) is 11.4. The van der Waals surface area contributed by atoms with Crippen LogP contribution >= 0.6 is 23.1 Å². The highest BCUT2D eigenvalue weighted by atomic mass is 32.2. The number of rotatable bonds is 4. The van der Waals surface area contributed by atoms with E-state index in [9.17, 15) is 0 Å². The lowest BCUT2D eigenvalue weighted by Gasteiger charge is -2.19. The van der Waals surface area contributed by atoms with Crippen LogP contribution in [0.15, 0.2) is 6.20 Å². The molecule has 1 saturated heterocycles. The maximum Gasteiger partial charge on any atom is 0.0930 e. The van der Waals surface area contributed by atoms with Gasteiger partial charge in [-0.1, -0.05) is 0 Å². The summed E-state index contributed by atoms with van der Waals surface area (Å²) in [7, 11) is 0. The van der Waals surface area contributed by atoms with Crippen molar-refractivity contribution in [2.45, 2.75) is 38.6 Å². The van der Waals surface area contributed by atoms with Gasteiger partial charge in [-0.25, -0.2) is 4.98 Å². The summed E-state index contributed by atoms with van der Waals surface area (Å²) in [6.45, 7) is 2.05. The average molecular weight is 256 g/mol. The quantitative estimate of drug-likeness (QED) is 0.900. The van der Waals surface area contributed by atoms with Crippen LogP contribution in [0.1, 0.15) is 29.7 Å². The van der Waals surface area contributed by atoms with E-state index in [1.165, 1.54) is 40.7 Å². The van der Waals surface area contributed by atoms with Crippen molar-refractivity contribution in [1.82, 2.24) is 4.98 Å². The Morgan fingerprint density at radius 1 is 1.50 bits per heavy atom. The first-order valence-electron chi connectivity index (χ1n) is 6.01. The summed E-state index contributed by atoms with van der Waals surface area (Å²) in [6, 6.07) is 0.249. The van der Waals surface area contributed by atoms with Gasteiger partial charge in [0.15, 0.2) is 0 Å². The van der Waals surface area contributed by atoms with Gasteiger partial charge < -0.3 is 5.73 Å². The average Bonchev–Trinajstić information content (AvgIpc) is 2.66. The predicted octanol–water partition coefficient (Wildman–Crippen LogP) is 2.72. The Labute approximate surface area is 106 Å². The fourth-order valence-corrected chi connectivity index (χ4v) is 4.43. The maximum absolute atomic E-state index is 5.79. The fourth-order valence-electron chi connectivity index (χ4n) is 2.05. The molecule has 1 aromatic heterocycles. The molecule has 0 bridgehead atoms. The number of hydrogen-bond acceptors (Lipinski definition) is 4. The number of nitrogens with two attached hydrogens (primary N) is 1. The van der Waals surface area contributed by atoms with Crippen molar-refractivity contribution in [3.05, 3.63) is 16.1 Å². The van der Waals surface area contributed by atoms with Crippen LogP contribution in [0, 0.1) is 5.92 Å². The summed E-state index contributed by atoms with van der Waals surface area (Å²) in [6.07, 6.45) is 6.91. The zero-order valence-corrected chi connectivity index (χ0v) is 11.4. The van der Waals surface area contributed by atoms with Gasteiger partial charge in [-0.2, -0.15) is 11.8 Å². The van der Waals surface area contributed by atoms with Crippen LogP contribution in [0.4, 0.5) is 0 Å². The van der Waals surface area contributed by atoms with Gasteiger partial charge in [-0.3, -0.25) is 0 Å². The van der Waals surface area contributed by atoms with E-state index in [-0.39, 0.29) is 6.04 Å². The summed E-state index contributed by atoms with van der Waals surface area (Å²) in [5, 5.41) is 1.31. The lowest BCUT2D eigenvalue weighted by atomic mass is 9.99.